The van der Waals surface area contributed by atoms with E-state index in [2.05, 4.69) is 6.92 Å². The molecule has 1 aromatic heterocycles. The van der Waals surface area contributed by atoms with Gasteiger partial charge in [0, 0.05) is 22.7 Å². The summed E-state index contributed by atoms with van der Waals surface area (Å²) in [5, 5.41) is 0.644. The minimum absolute atomic E-state index is 0.00606. The smallest absolute Gasteiger partial charge is 0.266 e. The Morgan fingerprint density at radius 2 is 2.35 bits per heavy atom. The SMILES string of the molecule is CCC1CCCN1C(=O)c1sc2ccc(F)cc2c1N. The van der Waals surface area contributed by atoms with E-state index < -0.39 is 0 Å². The van der Waals surface area contributed by atoms with Gasteiger partial charge >= 0.3 is 0 Å². The molecule has 1 fully saturated rings. The molecule has 1 unspecified atom stereocenters. The quantitative estimate of drug-likeness (QED) is 0.918. The summed E-state index contributed by atoms with van der Waals surface area (Å²) in [5.74, 6) is -0.331. The molecule has 0 radical (unpaired) electrons. The predicted molar refractivity (Wildman–Crippen MR) is 80.5 cm³/mol. The molecular formula is C15H17FN2OS. The maximum atomic E-state index is 13.3. The van der Waals surface area contributed by atoms with Gasteiger partial charge in [0.05, 0.1) is 5.69 Å². The maximum absolute atomic E-state index is 13.3. The van der Waals surface area contributed by atoms with Gasteiger partial charge < -0.3 is 10.6 Å². The summed E-state index contributed by atoms with van der Waals surface area (Å²) in [6, 6.07) is 4.80. The van der Waals surface area contributed by atoms with E-state index in [9.17, 15) is 9.18 Å². The molecule has 0 aliphatic carbocycles. The van der Waals surface area contributed by atoms with Crippen molar-refractivity contribution in [3.05, 3.63) is 28.9 Å². The van der Waals surface area contributed by atoms with Crippen LogP contribution in [0.2, 0.25) is 0 Å². The monoisotopic (exact) mass is 292 g/mol. The molecule has 0 bridgehead atoms. The Kier molecular flexibility index (Phi) is 3.38. The molecule has 1 aliphatic heterocycles. The van der Waals surface area contributed by atoms with Crippen LogP contribution in [0.4, 0.5) is 10.1 Å². The van der Waals surface area contributed by atoms with E-state index in [0.29, 0.717) is 22.0 Å². The molecule has 1 saturated heterocycles. The molecule has 0 saturated carbocycles. The minimum atomic E-state index is -0.325. The molecule has 1 amide bonds. The summed E-state index contributed by atoms with van der Waals surface area (Å²) in [4.78, 5) is 15.1. The van der Waals surface area contributed by atoms with Gasteiger partial charge in [0.2, 0.25) is 0 Å². The molecular weight excluding hydrogens is 275 g/mol. The second kappa shape index (κ2) is 5.05. The van der Waals surface area contributed by atoms with E-state index in [1.165, 1.54) is 23.5 Å². The first kappa shape index (κ1) is 13.4. The number of amides is 1. The van der Waals surface area contributed by atoms with Crippen LogP contribution in [0.5, 0.6) is 0 Å². The first-order chi connectivity index (χ1) is 9.61. The van der Waals surface area contributed by atoms with Crippen LogP contribution in [-0.4, -0.2) is 23.4 Å². The molecule has 5 heteroatoms. The van der Waals surface area contributed by atoms with Crippen molar-refractivity contribution in [3.63, 3.8) is 0 Å². The van der Waals surface area contributed by atoms with Crippen LogP contribution < -0.4 is 5.73 Å². The number of thiophene rings is 1. The average molecular weight is 292 g/mol. The summed E-state index contributed by atoms with van der Waals surface area (Å²) in [6.07, 6.45) is 3.07. The van der Waals surface area contributed by atoms with Crippen molar-refractivity contribution < 1.29 is 9.18 Å². The number of nitrogen functional groups attached to an aromatic ring is 1. The molecule has 2 heterocycles. The van der Waals surface area contributed by atoms with E-state index in [-0.39, 0.29) is 11.7 Å². The Hall–Kier alpha value is -1.62. The van der Waals surface area contributed by atoms with Crippen molar-refractivity contribution in [1.29, 1.82) is 0 Å². The number of likely N-dealkylation sites (tertiary alicyclic amines) is 1. The van der Waals surface area contributed by atoms with E-state index in [1.807, 2.05) is 4.90 Å². The third-order valence-corrected chi connectivity index (χ3v) is 5.17. The highest BCUT2D eigenvalue weighted by atomic mass is 32.1. The molecule has 3 nitrogen and oxygen atoms in total. The van der Waals surface area contributed by atoms with E-state index in [0.717, 1.165) is 30.5 Å². The third kappa shape index (κ3) is 2.06. The average Bonchev–Trinajstić information content (AvgIpc) is 3.03. The third-order valence-electron chi connectivity index (χ3n) is 3.99. The molecule has 1 atom stereocenters. The van der Waals surface area contributed by atoms with Crippen molar-refractivity contribution in [2.24, 2.45) is 0 Å². The number of nitrogens with zero attached hydrogens (tertiary/aromatic N) is 1. The first-order valence-corrected chi connectivity index (χ1v) is 7.72. The summed E-state index contributed by atoms with van der Waals surface area (Å²) in [6.45, 7) is 2.89. The van der Waals surface area contributed by atoms with Crippen molar-refractivity contribution >= 4 is 33.0 Å². The van der Waals surface area contributed by atoms with Crippen LogP contribution in [0, 0.1) is 5.82 Å². The number of hydrogen-bond acceptors (Lipinski definition) is 3. The van der Waals surface area contributed by atoms with Crippen LogP contribution >= 0.6 is 11.3 Å². The lowest BCUT2D eigenvalue weighted by molar-refractivity contribution is 0.0739. The van der Waals surface area contributed by atoms with Gasteiger partial charge in [-0.2, -0.15) is 0 Å². The predicted octanol–water partition coefficient (Wildman–Crippen LogP) is 3.64. The highest BCUT2D eigenvalue weighted by molar-refractivity contribution is 7.21. The molecule has 20 heavy (non-hydrogen) atoms. The van der Waals surface area contributed by atoms with Gasteiger partial charge in [-0.05, 0) is 37.5 Å². The van der Waals surface area contributed by atoms with Crippen molar-refractivity contribution in [3.8, 4) is 0 Å². The Bertz CT molecular complexity index is 667. The Morgan fingerprint density at radius 1 is 1.55 bits per heavy atom. The number of benzene rings is 1. The molecule has 0 spiro atoms. The highest BCUT2D eigenvalue weighted by Crippen LogP contribution is 2.36. The number of carbonyl (C=O) groups excluding carboxylic acids is 1. The Morgan fingerprint density at radius 3 is 3.10 bits per heavy atom. The fourth-order valence-electron chi connectivity index (χ4n) is 2.91. The number of anilines is 1. The highest BCUT2D eigenvalue weighted by Gasteiger charge is 2.30. The number of halogens is 1. The zero-order valence-electron chi connectivity index (χ0n) is 11.4. The van der Waals surface area contributed by atoms with E-state index in [4.69, 9.17) is 5.73 Å². The van der Waals surface area contributed by atoms with Crippen LogP contribution in [-0.2, 0) is 0 Å². The maximum Gasteiger partial charge on any atom is 0.266 e. The molecule has 1 aliphatic rings. The van der Waals surface area contributed by atoms with Crippen molar-refractivity contribution in [1.82, 2.24) is 4.90 Å². The summed E-state index contributed by atoms with van der Waals surface area (Å²) in [7, 11) is 0. The first-order valence-electron chi connectivity index (χ1n) is 6.90. The van der Waals surface area contributed by atoms with Crippen LogP contribution in [0.25, 0.3) is 10.1 Å². The van der Waals surface area contributed by atoms with Gasteiger partial charge in [0.15, 0.2) is 0 Å². The molecule has 1 aromatic carbocycles. The fraction of sp³-hybridized carbons (Fsp3) is 0.400. The summed E-state index contributed by atoms with van der Waals surface area (Å²) >= 11 is 1.36. The van der Waals surface area contributed by atoms with Gasteiger partial charge in [0.1, 0.15) is 10.7 Å². The second-order valence-electron chi connectivity index (χ2n) is 5.19. The van der Waals surface area contributed by atoms with Gasteiger partial charge in [0.25, 0.3) is 5.91 Å². The van der Waals surface area contributed by atoms with Crippen LogP contribution in [0.15, 0.2) is 18.2 Å². The van der Waals surface area contributed by atoms with Crippen molar-refractivity contribution in [2.75, 3.05) is 12.3 Å². The number of hydrogen-bond donors (Lipinski definition) is 1. The number of rotatable bonds is 2. The normalized spacial score (nSPS) is 18.9. The summed E-state index contributed by atoms with van der Waals surface area (Å²) < 4.78 is 14.2. The number of fused-ring (bicyclic) bond motifs is 1. The minimum Gasteiger partial charge on any atom is -0.397 e. The van der Waals surface area contributed by atoms with Gasteiger partial charge in [-0.15, -0.1) is 11.3 Å². The van der Waals surface area contributed by atoms with Crippen LogP contribution in [0.3, 0.4) is 0 Å². The Balaban J connectivity index is 2.01. The van der Waals surface area contributed by atoms with Gasteiger partial charge in [-0.3, -0.25) is 4.79 Å². The van der Waals surface area contributed by atoms with Crippen molar-refractivity contribution in [2.45, 2.75) is 32.2 Å². The number of carbonyl (C=O) groups is 1. The standard InChI is InChI=1S/C15H17FN2OS/c1-2-10-4-3-7-18(10)15(19)14-13(17)11-8-9(16)5-6-12(11)20-14/h5-6,8,10H,2-4,7,17H2,1H3. The Labute approximate surface area is 121 Å². The van der Waals surface area contributed by atoms with Crippen LogP contribution in [0.1, 0.15) is 35.9 Å². The lowest BCUT2D eigenvalue weighted by Crippen LogP contribution is -2.34. The zero-order valence-corrected chi connectivity index (χ0v) is 12.2. The lowest BCUT2D eigenvalue weighted by Gasteiger charge is -2.23. The van der Waals surface area contributed by atoms with Gasteiger partial charge in [-0.25, -0.2) is 4.39 Å². The lowest BCUT2D eigenvalue weighted by atomic mass is 10.1. The topological polar surface area (TPSA) is 46.3 Å². The largest absolute Gasteiger partial charge is 0.397 e. The molecule has 106 valence electrons. The van der Waals surface area contributed by atoms with Gasteiger partial charge in [-0.1, -0.05) is 6.92 Å². The molecule has 2 aromatic rings. The second-order valence-corrected chi connectivity index (χ2v) is 6.24. The molecule has 2 N–H and O–H groups in total. The number of nitrogens with two attached hydrogens (primary N) is 1. The molecule has 3 rings (SSSR count). The van der Waals surface area contributed by atoms with E-state index >= 15 is 0 Å². The van der Waals surface area contributed by atoms with E-state index in [1.54, 1.807) is 6.07 Å². The summed E-state index contributed by atoms with van der Waals surface area (Å²) in [5.41, 5.74) is 6.47. The zero-order chi connectivity index (χ0) is 14.3. The fourth-order valence-corrected chi connectivity index (χ4v) is 3.97.